The van der Waals surface area contributed by atoms with Crippen LogP contribution < -0.4 is 24.8 Å². The van der Waals surface area contributed by atoms with Crippen LogP contribution in [0.3, 0.4) is 0 Å². The number of carbonyl (C=O) groups excluding carboxylic acids is 2. The van der Waals surface area contributed by atoms with Gasteiger partial charge >= 0.3 is 5.97 Å². The summed E-state index contributed by atoms with van der Waals surface area (Å²) < 4.78 is 21.7. The summed E-state index contributed by atoms with van der Waals surface area (Å²) >= 11 is 0. The molecular weight excluding hydrogens is 478 g/mol. The summed E-state index contributed by atoms with van der Waals surface area (Å²) in [5, 5.41) is 17.5. The Balaban J connectivity index is 1.80. The molecule has 2 aliphatic heterocycles. The zero-order valence-corrected chi connectivity index (χ0v) is 20.3. The second-order valence-electron chi connectivity index (χ2n) is 8.27. The van der Waals surface area contributed by atoms with E-state index in [0.717, 1.165) is 0 Å². The number of nitrogens with one attached hydrogen (secondary N) is 1. The molecular formula is C26H23N5O6. The van der Waals surface area contributed by atoms with Gasteiger partial charge in [0.1, 0.15) is 23.6 Å². The number of carbonyl (C=O) groups is 2. The fourth-order valence-electron chi connectivity index (χ4n) is 4.94. The number of para-hydroxylation sites is 1. The number of hydrogen-bond donors (Lipinski definition) is 2. The van der Waals surface area contributed by atoms with Gasteiger partial charge in [0.25, 0.3) is 0 Å². The number of ether oxygens (including phenoxy) is 4. The van der Waals surface area contributed by atoms with E-state index in [2.05, 4.69) is 16.3 Å². The fraction of sp³-hybridized carbons (Fsp3) is 0.231. The summed E-state index contributed by atoms with van der Waals surface area (Å²) in [6, 6.07) is 14.2. The molecule has 0 saturated carbocycles. The van der Waals surface area contributed by atoms with Gasteiger partial charge in [-0.15, -0.1) is 5.10 Å². The molecule has 1 atom stereocenters. The maximum atomic E-state index is 14.3. The van der Waals surface area contributed by atoms with Crippen LogP contribution in [0.1, 0.15) is 18.1 Å². The number of aromatic nitrogens is 2. The SMILES string of the molecule is CCOc1ccc(-c2[nH]nc3c2[C@]2(C(=O)N(CC(=O)OC)c4ccccc42)C(C#N)=C(N)O3)cc1OC. The third-order valence-electron chi connectivity index (χ3n) is 6.48. The number of rotatable bonds is 6. The second kappa shape index (κ2) is 8.91. The zero-order chi connectivity index (χ0) is 26.3. The molecule has 5 rings (SSSR count). The van der Waals surface area contributed by atoms with Crippen molar-refractivity contribution < 1.29 is 28.5 Å². The lowest BCUT2D eigenvalue weighted by atomic mass is 9.68. The maximum absolute atomic E-state index is 14.3. The molecule has 2 aromatic carbocycles. The lowest BCUT2D eigenvalue weighted by Crippen LogP contribution is -2.47. The van der Waals surface area contributed by atoms with E-state index in [9.17, 15) is 14.9 Å². The van der Waals surface area contributed by atoms with E-state index in [4.69, 9.17) is 24.7 Å². The van der Waals surface area contributed by atoms with E-state index in [0.29, 0.717) is 46.2 Å². The number of anilines is 1. The average Bonchev–Trinajstić information content (AvgIpc) is 3.43. The summed E-state index contributed by atoms with van der Waals surface area (Å²) in [7, 11) is 2.76. The number of fused-ring (bicyclic) bond motifs is 4. The molecule has 37 heavy (non-hydrogen) atoms. The summed E-state index contributed by atoms with van der Waals surface area (Å²) in [6.45, 7) is 1.96. The molecule has 188 valence electrons. The number of nitrogens with two attached hydrogens (primary N) is 1. The van der Waals surface area contributed by atoms with E-state index in [-0.39, 0.29) is 23.9 Å². The topological polar surface area (TPSA) is 153 Å². The van der Waals surface area contributed by atoms with E-state index in [1.807, 2.05) is 6.92 Å². The highest BCUT2D eigenvalue weighted by molar-refractivity contribution is 6.16. The van der Waals surface area contributed by atoms with Crippen molar-refractivity contribution in [3.8, 4) is 34.7 Å². The van der Waals surface area contributed by atoms with Crippen LogP contribution in [0.4, 0.5) is 5.69 Å². The van der Waals surface area contributed by atoms with Crippen LogP contribution in [-0.2, 0) is 19.7 Å². The first kappa shape index (κ1) is 23.7. The predicted molar refractivity (Wildman–Crippen MR) is 131 cm³/mol. The van der Waals surface area contributed by atoms with Crippen LogP contribution in [0.15, 0.2) is 53.9 Å². The van der Waals surface area contributed by atoms with Gasteiger partial charge in [-0.2, -0.15) is 5.26 Å². The molecule has 1 aromatic heterocycles. The van der Waals surface area contributed by atoms with Crippen molar-refractivity contribution >= 4 is 17.6 Å². The van der Waals surface area contributed by atoms with Gasteiger partial charge in [0.15, 0.2) is 11.5 Å². The first-order chi connectivity index (χ1) is 17.9. The van der Waals surface area contributed by atoms with Gasteiger partial charge in [-0.25, -0.2) is 0 Å². The van der Waals surface area contributed by atoms with E-state index in [1.54, 1.807) is 42.5 Å². The highest BCUT2D eigenvalue weighted by Gasteiger charge is 2.61. The minimum absolute atomic E-state index is 0.0439. The summed E-state index contributed by atoms with van der Waals surface area (Å²) in [5.74, 6) is -0.367. The predicted octanol–water partition coefficient (Wildman–Crippen LogP) is 2.38. The van der Waals surface area contributed by atoms with Gasteiger partial charge in [0.2, 0.25) is 17.7 Å². The average molecular weight is 501 g/mol. The molecule has 1 spiro atoms. The van der Waals surface area contributed by atoms with Crippen molar-refractivity contribution in [2.75, 3.05) is 32.3 Å². The van der Waals surface area contributed by atoms with E-state index >= 15 is 0 Å². The highest BCUT2D eigenvalue weighted by Crippen LogP contribution is 2.57. The Labute approximate surface area is 212 Å². The van der Waals surface area contributed by atoms with Crippen molar-refractivity contribution in [2.24, 2.45) is 5.73 Å². The number of nitriles is 1. The number of methoxy groups -OCH3 is 2. The number of benzene rings is 2. The first-order valence-electron chi connectivity index (χ1n) is 11.4. The number of H-pyrrole nitrogens is 1. The van der Waals surface area contributed by atoms with Crippen LogP contribution in [0.2, 0.25) is 0 Å². The molecule has 3 N–H and O–H groups in total. The number of aromatic amines is 1. The van der Waals surface area contributed by atoms with Gasteiger partial charge in [-0.3, -0.25) is 19.6 Å². The van der Waals surface area contributed by atoms with Crippen molar-refractivity contribution in [1.29, 1.82) is 5.26 Å². The molecule has 11 nitrogen and oxygen atoms in total. The molecule has 0 aliphatic carbocycles. The lowest BCUT2D eigenvalue weighted by molar-refractivity contribution is -0.140. The molecule has 1 amide bonds. The van der Waals surface area contributed by atoms with Gasteiger partial charge in [-0.1, -0.05) is 18.2 Å². The Hall–Kier alpha value is -4.98. The molecule has 3 heterocycles. The summed E-state index contributed by atoms with van der Waals surface area (Å²) in [4.78, 5) is 27.9. The Bertz CT molecular complexity index is 1500. The monoisotopic (exact) mass is 501 g/mol. The minimum Gasteiger partial charge on any atom is -0.493 e. The first-order valence-corrected chi connectivity index (χ1v) is 11.4. The Kier molecular flexibility index (Phi) is 5.72. The lowest BCUT2D eigenvalue weighted by Gasteiger charge is -2.32. The van der Waals surface area contributed by atoms with Gasteiger partial charge in [-0.05, 0) is 31.2 Å². The van der Waals surface area contributed by atoms with Crippen LogP contribution in [0, 0.1) is 11.3 Å². The molecule has 0 fully saturated rings. The summed E-state index contributed by atoms with van der Waals surface area (Å²) in [6.07, 6.45) is 0. The van der Waals surface area contributed by atoms with Crippen LogP contribution in [-0.4, -0.2) is 49.4 Å². The molecule has 11 heteroatoms. The fourth-order valence-corrected chi connectivity index (χ4v) is 4.94. The molecule has 0 radical (unpaired) electrons. The molecule has 0 unspecified atom stereocenters. The standard InChI is InChI=1S/C26H23N5O6/c1-4-36-18-10-9-14(11-19(18)34-2)22-21-24(30-29-22)37-23(28)16(12-27)26(21)15-7-5-6-8-17(15)31(25(26)33)13-20(32)35-3/h5-11H,4,13,28H2,1-3H3,(H,29,30)/t26-/m1/s1. The second-order valence-corrected chi connectivity index (χ2v) is 8.27. The molecule has 2 aliphatic rings. The summed E-state index contributed by atoms with van der Waals surface area (Å²) in [5.41, 5.74) is 6.59. The van der Waals surface area contributed by atoms with Crippen molar-refractivity contribution in [3.05, 3.63) is 65.0 Å². The van der Waals surface area contributed by atoms with E-state index in [1.165, 1.54) is 19.1 Å². The zero-order valence-electron chi connectivity index (χ0n) is 20.3. The third kappa shape index (κ3) is 3.30. The number of hydrogen-bond acceptors (Lipinski definition) is 9. The van der Waals surface area contributed by atoms with Crippen molar-refractivity contribution in [3.63, 3.8) is 0 Å². The minimum atomic E-state index is -1.72. The quantitative estimate of drug-likeness (QED) is 0.485. The highest BCUT2D eigenvalue weighted by atomic mass is 16.5. The van der Waals surface area contributed by atoms with Crippen LogP contribution >= 0.6 is 0 Å². The van der Waals surface area contributed by atoms with Gasteiger partial charge < -0.3 is 24.7 Å². The molecule has 0 saturated heterocycles. The normalized spacial score (nSPS) is 17.7. The Morgan fingerprint density at radius 2 is 2.03 bits per heavy atom. The van der Waals surface area contributed by atoms with Crippen LogP contribution in [0.25, 0.3) is 11.3 Å². The Morgan fingerprint density at radius 1 is 1.24 bits per heavy atom. The largest absolute Gasteiger partial charge is 0.493 e. The third-order valence-corrected chi connectivity index (χ3v) is 6.48. The van der Waals surface area contributed by atoms with Crippen molar-refractivity contribution in [2.45, 2.75) is 12.3 Å². The number of esters is 1. The van der Waals surface area contributed by atoms with Crippen molar-refractivity contribution in [1.82, 2.24) is 10.2 Å². The van der Waals surface area contributed by atoms with Gasteiger partial charge in [0, 0.05) is 16.8 Å². The number of amides is 1. The van der Waals surface area contributed by atoms with Gasteiger partial charge in [0.05, 0.1) is 32.1 Å². The smallest absolute Gasteiger partial charge is 0.325 e. The van der Waals surface area contributed by atoms with E-state index < -0.39 is 17.3 Å². The molecule has 3 aromatic rings. The Morgan fingerprint density at radius 3 is 2.73 bits per heavy atom. The molecule has 0 bridgehead atoms. The number of nitrogens with zero attached hydrogens (tertiary/aromatic N) is 3. The maximum Gasteiger partial charge on any atom is 0.325 e. The van der Waals surface area contributed by atoms with Crippen LogP contribution in [0.5, 0.6) is 17.4 Å².